The number of hydrogen-bond donors (Lipinski definition) is 0. The van der Waals surface area contributed by atoms with Crippen LogP contribution in [0.4, 0.5) is 4.39 Å². The monoisotopic (exact) mass is 345 g/mol. The number of morpholine rings is 1. The summed E-state index contributed by atoms with van der Waals surface area (Å²) in [5.41, 5.74) is 2.10. The first-order valence-electron chi connectivity index (χ1n) is 8.49. The van der Waals surface area contributed by atoms with Crippen molar-refractivity contribution >= 4 is 5.91 Å². The van der Waals surface area contributed by atoms with Crippen LogP contribution in [0.2, 0.25) is 0 Å². The molecule has 0 N–H and O–H groups in total. The second-order valence-electron chi connectivity index (χ2n) is 7.42. The third-order valence-electron chi connectivity index (χ3n) is 4.34. The van der Waals surface area contributed by atoms with E-state index in [1.54, 1.807) is 17.0 Å². The summed E-state index contributed by atoms with van der Waals surface area (Å²) in [4.78, 5) is 14.6. The van der Waals surface area contributed by atoms with Crippen molar-refractivity contribution in [1.82, 2.24) is 14.7 Å². The molecule has 3 rings (SSSR count). The number of benzene rings is 1. The summed E-state index contributed by atoms with van der Waals surface area (Å²) in [6.45, 7) is 9.54. The van der Waals surface area contributed by atoms with E-state index in [0.29, 0.717) is 25.4 Å². The maximum absolute atomic E-state index is 13.1. The van der Waals surface area contributed by atoms with Gasteiger partial charge in [-0.05, 0) is 51.5 Å². The highest BCUT2D eigenvalue weighted by Gasteiger charge is 2.28. The molecular weight excluding hydrogens is 321 g/mol. The molecule has 1 amide bonds. The molecule has 6 heteroatoms. The molecule has 1 saturated heterocycles. The Morgan fingerprint density at radius 1 is 1.28 bits per heavy atom. The van der Waals surface area contributed by atoms with Gasteiger partial charge in [0.05, 0.1) is 18.7 Å². The molecular formula is C19H24FN3O2. The van der Waals surface area contributed by atoms with Gasteiger partial charge in [-0.25, -0.2) is 4.39 Å². The van der Waals surface area contributed by atoms with E-state index < -0.39 is 0 Å². The minimum absolute atomic E-state index is 0.0958. The van der Waals surface area contributed by atoms with Crippen LogP contribution in [0, 0.1) is 12.7 Å². The van der Waals surface area contributed by atoms with Crippen LogP contribution >= 0.6 is 0 Å². The number of carbonyl (C=O) groups is 1. The number of amides is 1. The second kappa shape index (κ2) is 6.59. The topological polar surface area (TPSA) is 47.4 Å². The third kappa shape index (κ3) is 3.74. The third-order valence-corrected chi connectivity index (χ3v) is 4.34. The van der Waals surface area contributed by atoms with Crippen LogP contribution in [0.1, 0.15) is 48.6 Å². The van der Waals surface area contributed by atoms with Gasteiger partial charge >= 0.3 is 0 Å². The zero-order chi connectivity index (χ0) is 18.2. The zero-order valence-electron chi connectivity index (χ0n) is 15.1. The van der Waals surface area contributed by atoms with E-state index in [4.69, 9.17) is 4.74 Å². The van der Waals surface area contributed by atoms with Crippen LogP contribution in [0.5, 0.6) is 0 Å². The smallest absolute Gasteiger partial charge is 0.274 e. The molecule has 1 aromatic heterocycles. The van der Waals surface area contributed by atoms with E-state index in [1.807, 2.05) is 17.7 Å². The van der Waals surface area contributed by atoms with Crippen molar-refractivity contribution in [2.45, 2.75) is 39.3 Å². The van der Waals surface area contributed by atoms with Gasteiger partial charge in [-0.2, -0.15) is 5.10 Å². The first kappa shape index (κ1) is 17.6. The molecule has 0 spiro atoms. The van der Waals surface area contributed by atoms with Crippen molar-refractivity contribution in [2.24, 2.45) is 0 Å². The molecule has 5 nitrogen and oxygen atoms in total. The summed E-state index contributed by atoms with van der Waals surface area (Å²) < 4.78 is 20.7. The first-order valence-corrected chi connectivity index (χ1v) is 8.49. The minimum Gasteiger partial charge on any atom is -0.370 e. The molecule has 1 aliphatic rings. The summed E-state index contributed by atoms with van der Waals surface area (Å²) in [5.74, 6) is -0.378. The van der Waals surface area contributed by atoms with Crippen molar-refractivity contribution in [2.75, 3.05) is 19.7 Å². The largest absolute Gasteiger partial charge is 0.370 e. The molecule has 1 aromatic carbocycles. The molecule has 1 aliphatic heterocycles. The highest BCUT2D eigenvalue weighted by molar-refractivity contribution is 5.92. The molecule has 1 unspecified atom stereocenters. The predicted octanol–water partition coefficient (Wildman–Crippen LogP) is 3.30. The average Bonchev–Trinajstić information content (AvgIpc) is 2.97. The molecule has 1 atom stereocenters. The molecule has 0 saturated carbocycles. The molecule has 134 valence electrons. The molecule has 0 bridgehead atoms. The van der Waals surface area contributed by atoms with Gasteiger partial charge in [0.1, 0.15) is 11.9 Å². The number of aromatic nitrogens is 2. The quantitative estimate of drug-likeness (QED) is 0.839. The summed E-state index contributed by atoms with van der Waals surface area (Å²) in [5, 5.41) is 4.50. The van der Waals surface area contributed by atoms with E-state index in [2.05, 4.69) is 25.9 Å². The average molecular weight is 345 g/mol. The van der Waals surface area contributed by atoms with Crippen LogP contribution < -0.4 is 0 Å². The Morgan fingerprint density at radius 2 is 1.96 bits per heavy atom. The van der Waals surface area contributed by atoms with Gasteiger partial charge in [-0.3, -0.25) is 9.48 Å². The van der Waals surface area contributed by atoms with E-state index in [9.17, 15) is 9.18 Å². The number of carbonyl (C=O) groups excluding carboxylic acids is 1. The van der Waals surface area contributed by atoms with Gasteiger partial charge in [0.15, 0.2) is 5.69 Å². The van der Waals surface area contributed by atoms with Crippen molar-refractivity contribution in [3.8, 4) is 0 Å². The summed E-state index contributed by atoms with van der Waals surface area (Å²) in [7, 11) is 0. The molecule has 0 radical (unpaired) electrons. The molecule has 25 heavy (non-hydrogen) atoms. The maximum Gasteiger partial charge on any atom is 0.274 e. The summed E-state index contributed by atoms with van der Waals surface area (Å²) in [6.07, 6.45) is -0.246. The standard InChI is InChI=1S/C19H24FN3O2/c1-13-11-16(21-23(13)19(2,3)4)18(24)22-9-10-25-17(12-22)14-5-7-15(20)8-6-14/h5-8,11,17H,9-10,12H2,1-4H3. The Morgan fingerprint density at radius 3 is 2.56 bits per heavy atom. The van der Waals surface area contributed by atoms with Crippen molar-refractivity contribution in [3.63, 3.8) is 0 Å². The van der Waals surface area contributed by atoms with Crippen LogP contribution in [0.15, 0.2) is 30.3 Å². The van der Waals surface area contributed by atoms with Gasteiger partial charge in [-0.1, -0.05) is 12.1 Å². The fourth-order valence-corrected chi connectivity index (χ4v) is 3.13. The Hall–Kier alpha value is -2.21. The highest BCUT2D eigenvalue weighted by atomic mass is 19.1. The lowest BCUT2D eigenvalue weighted by Crippen LogP contribution is -2.42. The maximum atomic E-state index is 13.1. The Kier molecular flexibility index (Phi) is 4.64. The number of rotatable bonds is 2. The Balaban J connectivity index is 1.77. The van der Waals surface area contributed by atoms with Gasteiger partial charge in [0.25, 0.3) is 5.91 Å². The Bertz CT molecular complexity index is 762. The van der Waals surface area contributed by atoms with Crippen LogP contribution in [0.3, 0.4) is 0 Å². The minimum atomic E-state index is -0.282. The fraction of sp³-hybridized carbons (Fsp3) is 0.474. The lowest BCUT2D eigenvalue weighted by molar-refractivity contribution is -0.0230. The summed E-state index contributed by atoms with van der Waals surface area (Å²) >= 11 is 0. The van der Waals surface area contributed by atoms with E-state index in [1.165, 1.54) is 12.1 Å². The van der Waals surface area contributed by atoms with Crippen molar-refractivity contribution in [3.05, 3.63) is 53.1 Å². The molecule has 2 aromatic rings. The van der Waals surface area contributed by atoms with Crippen LogP contribution in [-0.4, -0.2) is 40.3 Å². The zero-order valence-corrected chi connectivity index (χ0v) is 15.1. The van der Waals surface area contributed by atoms with Crippen LogP contribution in [0.25, 0.3) is 0 Å². The van der Waals surface area contributed by atoms with Crippen molar-refractivity contribution < 1.29 is 13.9 Å². The lowest BCUT2D eigenvalue weighted by atomic mass is 10.1. The normalized spacial score (nSPS) is 18.4. The molecule has 0 aliphatic carbocycles. The fourth-order valence-electron chi connectivity index (χ4n) is 3.13. The van der Waals surface area contributed by atoms with E-state index >= 15 is 0 Å². The van der Waals surface area contributed by atoms with Gasteiger partial charge in [0, 0.05) is 12.2 Å². The van der Waals surface area contributed by atoms with Gasteiger partial charge in [-0.15, -0.1) is 0 Å². The molecule has 1 fully saturated rings. The Labute approximate surface area is 147 Å². The van der Waals surface area contributed by atoms with E-state index in [0.717, 1.165) is 11.3 Å². The predicted molar refractivity (Wildman–Crippen MR) is 93.0 cm³/mol. The first-order chi connectivity index (χ1) is 11.8. The highest BCUT2D eigenvalue weighted by Crippen LogP contribution is 2.24. The van der Waals surface area contributed by atoms with Gasteiger partial charge < -0.3 is 9.64 Å². The van der Waals surface area contributed by atoms with Gasteiger partial charge in [0.2, 0.25) is 0 Å². The number of hydrogen-bond acceptors (Lipinski definition) is 3. The van der Waals surface area contributed by atoms with E-state index in [-0.39, 0.29) is 23.4 Å². The second-order valence-corrected chi connectivity index (χ2v) is 7.42. The van der Waals surface area contributed by atoms with Crippen LogP contribution in [-0.2, 0) is 10.3 Å². The number of ether oxygens (including phenoxy) is 1. The lowest BCUT2D eigenvalue weighted by Gasteiger charge is -2.32. The number of halogens is 1. The SMILES string of the molecule is Cc1cc(C(=O)N2CCOC(c3ccc(F)cc3)C2)nn1C(C)(C)C. The number of aryl methyl sites for hydroxylation is 1. The summed E-state index contributed by atoms with van der Waals surface area (Å²) in [6, 6.07) is 8.05. The molecule has 2 heterocycles. The number of nitrogens with zero attached hydrogens (tertiary/aromatic N) is 3. The van der Waals surface area contributed by atoms with Crippen molar-refractivity contribution in [1.29, 1.82) is 0 Å².